The number of halogens is 1. The molecule has 2 N–H and O–H groups in total. The largest absolute Gasteiger partial charge is 0.326 e. The van der Waals surface area contributed by atoms with Crippen LogP contribution < -0.4 is 10.6 Å². The van der Waals surface area contributed by atoms with Crippen molar-refractivity contribution in [3.05, 3.63) is 64.7 Å². The molecule has 2 aromatic rings. The van der Waals surface area contributed by atoms with E-state index >= 15 is 0 Å². The van der Waals surface area contributed by atoms with Crippen molar-refractivity contribution in [2.75, 3.05) is 5.32 Å². The third-order valence-corrected chi connectivity index (χ3v) is 5.47. The first kappa shape index (κ1) is 18.5. The summed E-state index contributed by atoms with van der Waals surface area (Å²) >= 11 is 7.35. The number of aliphatic imine (C=N–C) groups is 1. The fourth-order valence-electron chi connectivity index (χ4n) is 2.47. The number of benzene rings is 2. The van der Waals surface area contributed by atoms with Gasteiger partial charge >= 0.3 is 0 Å². The lowest BCUT2D eigenvalue weighted by Gasteiger charge is -2.10. The Morgan fingerprint density at radius 1 is 1.23 bits per heavy atom. The highest BCUT2D eigenvalue weighted by Gasteiger charge is 2.32. The summed E-state index contributed by atoms with van der Waals surface area (Å²) in [5.74, 6) is -0.424. The van der Waals surface area contributed by atoms with Gasteiger partial charge in [-0.3, -0.25) is 14.6 Å². The van der Waals surface area contributed by atoms with Crippen molar-refractivity contribution < 1.29 is 9.59 Å². The van der Waals surface area contributed by atoms with Crippen LogP contribution in [0.5, 0.6) is 0 Å². The predicted octanol–water partition coefficient (Wildman–Crippen LogP) is 3.76. The quantitative estimate of drug-likeness (QED) is 0.820. The number of carbonyl (C=O) groups excluding carboxylic acids is 2. The van der Waals surface area contributed by atoms with Gasteiger partial charge in [-0.15, -0.1) is 0 Å². The van der Waals surface area contributed by atoms with Gasteiger partial charge in [-0.25, -0.2) is 0 Å². The zero-order valence-electron chi connectivity index (χ0n) is 14.2. The number of carbonyl (C=O) groups is 2. The number of thioether (sulfide) groups is 1. The average molecular weight is 388 g/mol. The molecule has 0 aliphatic carbocycles. The highest BCUT2D eigenvalue weighted by atomic mass is 35.5. The summed E-state index contributed by atoms with van der Waals surface area (Å²) in [5.41, 5.74) is 2.52. The molecule has 1 fully saturated rings. The zero-order valence-corrected chi connectivity index (χ0v) is 15.7. The lowest BCUT2D eigenvalue weighted by atomic mass is 10.2. The molecule has 134 valence electrons. The molecule has 3 rings (SSSR count). The van der Waals surface area contributed by atoms with E-state index in [1.54, 1.807) is 18.2 Å². The Labute approximate surface area is 161 Å². The fourth-order valence-corrected chi connectivity index (χ4v) is 3.62. The average Bonchev–Trinajstić information content (AvgIpc) is 2.97. The van der Waals surface area contributed by atoms with Gasteiger partial charge in [0.1, 0.15) is 5.25 Å². The molecule has 1 saturated heterocycles. The predicted molar refractivity (Wildman–Crippen MR) is 107 cm³/mol. The van der Waals surface area contributed by atoms with Crippen molar-refractivity contribution in [3.8, 4) is 0 Å². The first-order valence-corrected chi connectivity index (χ1v) is 9.39. The second-order valence-corrected chi connectivity index (χ2v) is 7.47. The number of hydrogen-bond acceptors (Lipinski definition) is 4. The van der Waals surface area contributed by atoms with E-state index in [4.69, 9.17) is 11.6 Å². The summed E-state index contributed by atoms with van der Waals surface area (Å²) in [6, 6.07) is 15.1. The third kappa shape index (κ3) is 4.65. The van der Waals surface area contributed by atoms with Crippen LogP contribution in [0.1, 0.15) is 17.5 Å². The van der Waals surface area contributed by atoms with Crippen LogP contribution >= 0.6 is 23.4 Å². The van der Waals surface area contributed by atoms with Crippen LogP contribution in [-0.4, -0.2) is 22.2 Å². The van der Waals surface area contributed by atoms with E-state index in [2.05, 4.69) is 15.6 Å². The highest BCUT2D eigenvalue weighted by Crippen LogP contribution is 2.26. The standard InChI is InChI=1S/C19H18ClN3O2S/c1-12-14(20)8-5-9-15(12)22-17(24)10-16-18(25)23-19(26-16)21-11-13-6-3-2-4-7-13/h2-9,16H,10-11H2,1H3,(H,22,24)(H,21,23,25)/t16-/m1/s1. The van der Waals surface area contributed by atoms with Crippen molar-refractivity contribution in [1.82, 2.24) is 5.32 Å². The van der Waals surface area contributed by atoms with Crippen LogP contribution in [0.25, 0.3) is 0 Å². The fraction of sp³-hybridized carbons (Fsp3) is 0.211. The van der Waals surface area contributed by atoms with E-state index in [0.29, 0.717) is 22.4 Å². The van der Waals surface area contributed by atoms with Crippen LogP contribution in [0.15, 0.2) is 53.5 Å². The van der Waals surface area contributed by atoms with Crippen LogP contribution in [0.3, 0.4) is 0 Å². The maximum absolute atomic E-state index is 12.3. The van der Waals surface area contributed by atoms with Crippen molar-refractivity contribution in [3.63, 3.8) is 0 Å². The molecule has 1 atom stereocenters. The maximum Gasteiger partial charge on any atom is 0.240 e. The molecule has 0 radical (unpaired) electrons. The molecule has 2 aromatic carbocycles. The second-order valence-electron chi connectivity index (χ2n) is 5.87. The SMILES string of the molecule is Cc1c(Cl)cccc1NC(=O)C[C@H]1SC(=NCc2ccccc2)NC1=O. The number of amidine groups is 1. The van der Waals surface area contributed by atoms with Crippen molar-refractivity contribution in [2.45, 2.75) is 25.1 Å². The molecule has 1 aliphatic rings. The Bertz CT molecular complexity index is 855. The highest BCUT2D eigenvalue weighted by molar-refractivity contribution is 8.15. The summed E-state index contributed by atoms with van der Waals surface area (Å²) in [6.07, 6.45) is 0.0762. The topological polar surface area (TPSA) is 70.6 Å². The van der Waals surface area contributed by atoms with Gasteiger partial charge in [-0.1, -0.05) is 59.8 Å². The van der Waals surface area contributed by atoms with Crippen molar-refractivity contribution in [2.24, 2.45) is 4.99 Å². The summed E-state index contributed by atoms with van der Waals surface area (Å²) < 4.78 is 0. The van der Waals surface area contributed by atoms with Gasteiger partial charge in [0.2, 0.25) is 11.8 Å². The van der Waals surface area contributed by atoms with Gasteiger partial charge < -0.3 is 10.6 Å². The molecule has 0 unspecified atom stereocenters. The summed E-state index contributed by atoms with van der Waals surface area (Å²) in [5, 5.41) is 6.21. The number of rotatable bonds is 5. The van der Waals surface area contributed by atoms with Gasteiger partial charge in [0.05, 0.1) is 6.54 Å². The number of nitrogens with one attached hydrogen (secondary N) is 2. The van der Waals surface area contributed by atoms with Gasteiger partial charge in [0.25, 0.3) is 0 Å². The molecule has 5 nitrogen and oxygen atoms in total. The van der Waals surface area contributed by atoms with Crippen molar-refractivity contribution >= 4 is 46.0 Å². The molecule has 0 saturated carbocycles. The molecular weight excluding hydrogens is 370 g/mol. The number of hydrogen-bond donors (Lipinski definition) is 2. The van der Waals surface area contributed by atoms with Crippen molar-refractivity contribution in [1.29, 1.82) is 0 Å². The van der Waals surface area contributed by atoms with Crippen LogP contribution in [-0.2, 0) is 16.1 Å². The molecule has 0 bridgehead atoms. The normalized spacial score (nSPS) is 18.0. The van der Waals surface area contributed by atoms with E-state index in [-0.39, 0.29) is 18.2 Å². The van der Waals surface area contributed by atoms with Gasteiger partial charge in [-0.05, 0) is 30.2 Å². The molecule has 2 amide bonds. The van der Waals surface area contributed by atoms with Crippen LogP contribution in [0.4, 0.5) is 5.69 Å². The molecular formula is C19H18ClN3O2S. The van der Waals surface area contributed by atoms with E-state index < -0.39 is 5.25 Å². The van der Waals surface area contributed by atoms with E-state index in [0.717, 1.165) is 11.1 Å². The summed E-state index contributed by atoms with van der Waals surface area (Å²) in [7, 11) is 0. The van der Waals surface area contributed by atoms with Gasteiger partial charge in [0.15, 0.2) is 5.17 Å². The molecule has 7 heteroatoms. The maximum atomic E-state index is 12.3. The Hall–Kier alpha value is -2.31. The summed E-state index contributed by atoms with van der Waals surface area (Å²) in [6.45, 7) is 2.33. The Morgan fingerprint density at radius 2 is 2.00 bits per heavy atom. The molecule has 0 spiro atoms. The Balaban J connectivity index is 1.57. The number of nitrogens with zero attached hydrogens (tertiary/aromatic N) is 1. The Kier molecular flexibility index (Phi) is 5.96. The van der Waals surface area contributed by atoms with E-state index in [9.17, 15) is 9.59 Å². The molecule has 0 aromatic heterocycles. The van der Waals surface area contributed by atoms with E-state index in [1.807, 2.05) is 37.3 Å². The zero-order chi connectivity index (χ0) is 18.5. The Morgan fingerprint density at radius 3 is 2.77 bits per heavy atom. The number of amides is 2. The number of anilines is 1. The minimum absolute atomic E-state index is 0.0762. The molecule has 26 heavy (non-hydrogen) atoms. The first-order chi connectivity index (χ1) is 12.5. The smallest absolute Gasteiger partial charge is 0.240 e. The van der Waals surface area contributed by atoms with Crippen LogP contribution in [0.2, 0.25) is 5.02 Å². The second kappa shape index (κ2) is 8.38. The van der Waals surface area contributed by atoms with Gasteiger partial charge in [-0.2, -0.15) is 0 Å². The van der Waals surface area contributed by atoms with Crippen LogP contribution in [0, 0.1) is 6.92 Å². The summed E-state index contributed by atoms with van der Waals surface area (Å²) in [4.78, 5) is 28.8. The first-order valence-electron chi connectivity index (χ1n) is 8.14. The lowest BCUT2D eigenvalue weighted by molar-refractivity contribution is -0.122. The monoisotopic (exact) mass is 387 g/mol. The lowest BCUT2D eigenvalue weighted by Crippen LogP contribution is -2.28. The third-order valence-electron chi connectivity index (χ3n) is 3.94. The minimum atomic E-state index is -0.482. The minimum Gasteiger partial charge on any atom is -0.326 e. The van der Waals surface area contributed by atoms with E-state index in [1.165, 1.54) is 11.8 Å². The molecule has 1 heterocycles. The molecule has 1 aliphatic heterocycles. The van der Waals surface area contributed by atoms with Gasteiger partial charge in [0, 0.05) is 17.1 Å².